The first-order valence-corrected chi connectivity index (χ1v) is 9.75. The Kier molecular flexibility index (Phi) is 6.74. The third-order valence-electron chi connectivity index (χ3n) is 4.61. The first-order valence-electron chi connectivity index (χ1n) is 9.38. The van der Waals surface area contributed by atoms with E-state index in [4.69, 9.17) is 16.3 Å². The van der Waals surface area contributed by atoms with Gasteiger partial charge in [-0.1, -0.05) is 23.7 Å². The SMILES string of the molecule is CC1CN(Cc2ccc(C(=O)NNC(=O)c3cc(Cl)ccc3O)cc2)CC(C)O1. The number of hydrazine groups is 1. The van der Waals surface area contributed by atoms with Crippen molar-refractivity contribution in [3.63, 3.8) is 0 Å². The van der Waals surface area contributed by atoms with E-state index in [-0.39, 0.29) is 23.5 Å². The number of rotatable bonds is 4. The van der Waals surface area contributed by atoms with Gasteiger partial charge in [0.15, 0.2) is 0 Å². The van der Waals surface area contributed by atoms with Crippen molar-refractivity contribution in [2.75, 3.05) is 13.1 Å². The second-order valence-corrected chi connectivity index (χ2v) is 7.65. The molecular weight excluding hydrogens is 394 g/mol. The van der Waals surface area contributed by atoms with Crippen LogP contribution in [0.3, 0.4) is 0 Å². The highest BCUT2D eigenvalue weighted by molar-refractivity contribution is 6.31. The number of nitrogens with one attached hydrogen (secondary N) is 2. The molecule has 3 rings (SSSR count). The van der Waals surface area contributed by atoms with Crippen molar-refractivity contribution in [3.05, 3.63) is 64.2 Å². The van der Waals surface area contributed by atoms with Crippen LogP contribution in [0.4, 0.5) is 0 Å². The molecule has 1 aliphatic heterocycles. The minimum absolute atomic E-state index is 0.0258. The summed E-state index contributed by atoms with van der Waals surface area (Å²) in [6.45, 7) is 6.65. The molecule has 154 valence electrons. The molecule has 0 aliphatic carbocycles. The van der Waals surface area contributed by atoms with Gasteiger partial charge < -0.3 is 9.84 Å². The molecule has 0 bridgehead atoms. The number of aromatic hydroxyl groups is 1. The monoisotopic (exact) mass is 417 g/mol. The zero-order valence-corrected chi connectivity index (χ0v) is 17.1. The predicted octanol–water partition coefficient (Wildman–Crippen LogP) is 2.73. The maximum Gasteiger partial charge on any atom is 0.273 e. The van der Waals surface area contributed by atoms with Crippen LogP contribution in [0.15, 0.2) is 42.5 Å². The molecule has 1 fully saturated rings. The summed E-state index contributed by atoms with van der Waals surface area (Å²) < 4.78 is 5.74. The van der Waals surface area contributed by atoms with Gasteiger partial charge in [0.05, 0.1) is 17.8 Å². The molecule has 2 unspecified atom stereocenters. The van der Waals surface area contributed by atoms with E-state index in [9.17, 15) is 14.7 Å². The van der Waals surface area contributed by atoms with Gasteiger partial charge in [0.25, 0.3) is 11.8 Å². The van der Waals surface area contributed by atoms with Gasteiger partial charge in [-0.25, -0.2) is 0 Å². The molecule has 29 heavy (non-hydrogen) atoms. The van der Waals surface area contributed by atoms with Crippen molar-refractivity contribution in [2.45, 2.75) is 32.6 Å². The van der Waals surface area contributed by atoms with Crippen molar-refractivity contribution < 1.29 is 19.4 Å². The lowest BCUT2D eigenvalue weighted by Gasteiger charge is -2.35. The number of phenolic OH excluding ortho intramolecular Hbond substituents is 1. The Balaban J connectivity index is 1.55. The molecule has 1 saturated heterocycles. The van der Waals surface area contributed by atoms with Crippen LogP contribution < -0.4 is 10.9 Å². The standard InChI is InChI=1S/C21H24ClN3O4/c1-13-10-25(11-14(2)29-13)12-15-3-5-16(6-4-15)20(27)23-24-21(28)18-9-17(22)7-8-19(18)26/h3-9,13-14,26H,10-12H2,1-2H3,(H,23,27)(H,24,28). The lowest BCUT2D eigenvalue weighted by molar-refractivity contribution is -0.0704. The molecule has 0 aromatic heterocycles. The van der Waals surface area contributed by atoms with Crippen molar-refractivity contribution in [2.24, 2.45) is 0 Å². The van der Waals surface area contributed by atoms with Gasteiger partial charge >= 0.3 is 0 Å². The number of amides is 2. The number of morpholine rings is 1. The number of hydrogen-bond acceptors (Lipinski definition) is 5. The number of phenols is 1. The topological polar surface area (TPSA) is 90.9 Å². The lowest BCUT2D eigenvalue weighted by atomic mass is 10.1. The van der Waals surface area contributed by atoms with Gasteiger partial charge in [0.1, 0.15) is 5.75 Å². The van der Waals surface area contributed by atoms with Crippen LogP contribution >= 0.6 is 11.6 Å². The van der Waals surface area contributed by atoms with Crippen LogP contribution in [0.2, 0.25) is 5.02 Å². The van der Waals surface area contributed by atoms with Gasteiger partial charge in [-0.2, -0.15) is 0 Å². The van der Waals surface area contributed by atoms with Gasteiger partial charge in [-0.3, -0.25) is 25.3 Å². The Morgan fingerprint density at radius 3 is 2.34 bits per heavy atom. The first-order chi connectivity index (χ1) is 13.8. The van der Waals surface area contributed by atoms with Gasteiger partial charge in [-0.15, -0.1) is 0 Å². The van der Waals surface area contributed by atoms with Gasteiger partial charge in [0.2, 0.25) is 0 Å². The molecule has 2 aromatic rings. The minimum Gasteiger partial charge on any atom is -0.507 e. The van der Waals surface area contributed by atoms with E-state index >= 15 is 0 Å². The fourth-order valence-corrected chi connectivity index (χ4v) is 3.55. The van der Waals surface area contributed by atoms with Crippen LogP contribution in [0.5, 0.6) is 5.75 Å². The zero-order valence-electron chi connectivity index (χ0n) is 16.3. The molecule has 0 saturated carbocycles. The summed E-state index contributed by atoms with van der Waals surface area (Å²) in [5.41, 5.74) is 6.09. The smallest absolute Gasteiger partial charge is 0.273 e. The highest BCUT2D eigenvalue weighted by atomic mass is 35.5. The molecule has 7 nitrogen and oxygen atoms in total. The van der Waals surface area contributed by atoms with Gasteiger partial charge in [0, 0.05) is 30.2 Å². The summed E-state index contributed by atoms with van der Waals surface area (Å²) in [5, 5.41) is 10.0. The normalized spacial score (nSPS) is 19.6. The third-order valence-corrected chi connectivity index (χ3v) is 4.85. The number of halogens is 1. The van der Waals surface area contributed by atoms with Crippen LogP contribution in [-0.4, -0.2) is 47.1 Å². The summed E-state index contributed by atoms with van der Waals surface area (Å²) in [5.74, 6) is -1.34. The second-order valence-electron chi connectivity index (χ2n) is 7.22. The van der Waals surface area contributed by atoms with Crippen molar-refractivity contribution >= 4 is 23.4 Å². The largest absolute Gasteiger partial charge is 0.507 e. The molecule has 1 heterocycles. The van der Waals surface area contributed by atoms with Gasteiger partial charge in [-0.05, 0) is 49.7 Å². The van der Waals surface area contributed by atoms with E-state index in [0.29, 0.717) is 10.6 Å². The van der Waals surface area contributed by atoms with E-state index < -0.39 is 11.8 Å². The van der Waals surface area contributed by atoms with E-state index in [1.165, 1.54) is 18.2 Å². The maximum atomic E-state index is 12.3. The Hall–Kier alpha value is -2.61. The number of carbonyl (C=O) groups excluding carboxylic acids is 2. The van der Waals surface area contributed by atoms with E-state index in [0.717, 1.165) is 25.2 Å². The van der Waals surface area contributed by atoms with E-state index in [2.05, 4.69) is 29.6 Å². The quantitative estimate of drug-likeness (QED) is 0.665. The van der Waals surface area contributed by atoms with Crippen molar-refractivity contribution in [3.8, 4) is 5.75 Å². The van der Waals surface area contributed by atoms with E-state index in [1.54, 1.807) is 12.1 Å². The Morgan fingerprint density at radius 1 is 1.07 bits per heavy atom. The maximum absolute atomic E-state index is 12.3. The van der Waals surface area contributed by atoms with Crippen LogP contribution in [0, 0.1) is 0 Å². The molecule has 3 N–H and O–H groups in total. The molecule has 2 amide bonds. The zero-order chi connectivity index (χ0) is 21.0. The summed E-state index contributed by atoms with van der Waals surface area (Å²) in [6, 6.07) is 11.3. The molecule has 1 aliphatic rings. The summed E-state index contributed by atoms with van der Waals surface area (Å²) in [6.07, 6.45) is 0.401. The molecule has 8 heteroatoms. The average molecular weight is 418 g/mol. The highest BCUT2D eigenvalue weighted by Gasteiger charge is 2.22. The Morgan fingerprint density at radius 2 is 1.69 bits per heavy atom. The second kappa shape index (κ2) is 9.26. The number of ether oxygens (including phenoxy) is 1. The molecule has 0 radical (unpaired) electrons. The lowest BCUT2D eigenvalue weighted by Crippen LogP contribution is -2.44. The van der Waals surface area contributed by atoms with Crippen LogP contribution in [-0.2, 0) is 11.3 Å². The first kappa shape index (κ1) is 21.1. The number of nitrogens with zero attached hydrogens (tertiary/aromatic N) is 1. The average Bonchev–Trinajstić information content (AvgIpc) is 2.67. The Labute approximate surface area is 174 Å². The van der Waals surface area contributed by atoms with Crippen molar-refractivity contribution in [1.82, 2.24) is 15.8 Å². The minimum atomic E-state index is -0.662. The summed E-state index contributed by atoms with van der Waals surface area (Å²) >= 11 is 5.83. The number of hydrogen-bond donors (Lipinski definition) is 3. The molecule has 2 atom stereocenters. The molecule has 2 aromatic carbocycles. The molecular formula is C21H24ClN3O4. The molecule has 0 spiro atoms. The van der Waals surface area contributed by atoms with E-state index in [1.807, 2.05) is 12.1 Å². The van der Waals surface area contributed by atoms with Crippen molar-refractivity contribution in [1.29, 1.82) is 0 Å². The number of benzene rings is 2. The fourth-order valence-electron chi connectivity index (χ4n) is 3.38. The highest BCUT2D eigenvalue weighted by Crippen LogP contribution is 2.21. The van der Waals surface area contributed by atoms with Crippen LogP contribution in [0.1, 0.15) is 40.1 Å². The Bertz CT molecular complexity index is 878. The van der Waals surface area contributed by atoms with Crippen LogP contribution in [0.25, 0.3) is 0 Å². The predicted molar refractivity (Wildman–Crippen MR) is 110 cm³/mol. The summed E-state index contributed by atoms with van der Waals surface area (Å²) in [7, 11) is 0. The third kappa shape index (κ3) is 5.69. The fraction of sp³-hybridized carbons (Fsp3) is 0.333. The summed E-state index contributed by atoms with van der Waals surface area (Å²) in [4.78, 5) is 26.7. The number of carbonyl (C=O) groups is 2.